The van der Waals surface area contributed by atoms with Crippen molar-refractivity contribution in [2.24, 2.45) is 5.92 Å². The van der Waals surface area contributed by atoms with E-state index in [2.05, 4.69) is 13.8 Å². The summed E-state index contributed by atoms with van der Waals surface area (Å²) >= 11 is 0. The highest BCUT2D eigenvalue weighted by Gasteiger charge is 2.20. The fourth-order valence-corrected chi connectivity index (χ4v) is 2.07. The number of aryl methyl sites for hydroxylation is 1. The van der Waals surface area contributed by atoms with Crippen molar-refractivity contribution >= 4 is 0 Å². The number of benzene rings is 1. The maximum absolute atomic E-state index is 10.3. The first-order valence-corrected chi connectivity index (χ1v) is 5.96. The van der Waals surface area contributed by atoms with Crippen LogP contribution in [-0.4, -0.2) is 12.2 Å². The van der Waals surface area contributed by atoms with Crippen molar-refractivity contribution in [1.29, 1.82) is 0 Å². The minimum atomic E-state index is -0.426. The van der Waals surface area contributed by atoms with Gasteiger partial charge < -0.3 is 9.84 Å². The average molecular weight is 222 g/mol. The lowest BCUT2D eigenvalue weighted by Gasteiger charge is -2.22. The Balaban J connectivity index is 3.04. The van der Waals surface area contributed by atoms with E-state index in [0.717, 1.165) is 29.7 Å². The van der Waals surface area contributed by atoms with Crippen molar-refractivity contribution < 1.29 is 9.84 Å². The largest absolute Gasteiger partial charge is 0.496 e. The Bertz CT molecular complexity index is 330. The van der Waals surface area contributed by atoms with Crippen molar-refractivity contribution in [3.8, 4) is 5.75 Å². The van der Waals surface area contributed by atoms with E-state index >= 15 is 0 Å². The monoisotopic (exact) mass is 222 g/mol. The molecule has 1 atom stereocenters. The Morgan fingerprint density at radius 3 is 2.38 bits per heavy atom. The third-order valence-corrected chi connectivity index (χ3v) is 3.20. The van der Waals surface area contributed by atoms with Gasteiger partial charge >= 0.3 is 0 Å². The summed E-state index contributed by atoms with van der Waals surface area (Å²) in [6.07, 6.45) is 1.54. The van der Waals surface area contributed by atoms with Crippen molar-refractivity contribution in [1.82, 2.24) is 0 Å². The summed E-state index contributed by atoms with van der Waals surface area (Å²) in [6, 6.07) is 5.94. The van der Waals surface area contributed by atoms with Crippen LogP contribution in [0.15, 0.2) is 18.2 Å². The molecule has 0 saturated carbocycles. The predicted molar refractivity (Wildman–Crippen MR) is 66.8 cm³/mol. The molecule has 0 fully saturated rings. The van der Waals surface area contributed by atoms with Crippen LogP contribution in [0, 0.1) is 12.8 Å². The topological polar surface area (TPSA) is 29.5 Å². The maximum atomic E-state index is 10.3. The molecule has 1 aromatic rings. The van der Waals surface area contributed by atoms with E-state index in [1.807, 2.05) is 25.1 Å². The highest BCUT2D eigenvalue weighted by atomic mass is 16.5. The van der Waals surface area contributed by atoms with E-state index in [1.54, 1.807) is 7.11 Å². The molecule has 2 nitrogen and oxygen atoms in total. The van der Waals surface area contributed by atoms with Crippen molar-refractivity contribution in [2.75, 3.05) is 7.11 Å². The number of hydrogen-bond donors (Lipinski definition) is 1. The van der Waals surface area contributed by atoms with Crippen LogP contribution in [-0.2, 0) is 0 Å². The molecular formula is C14H22O2. The lowest BCUT2D eigenvalue weighted by molar-refractivity contribution is 0.100. The molecule has 0 aliphatic heterocycles. The van der Waals surface area contributed by atoms with Crippen LogP contribution in [0.1, 0.15) is 43.9 Å². The zero-order valence-electron chi connectivity index (χ0n) is 10.7. The third-order valence-electron chi connectivity index (χ3n) is 3.20. The summed E-state index contributed by atoms with van der Waals surface area (Å²) in [5.41, 5.74) is 2.07. The minimum Gasteiger partial charge on any atom is -0.496 e. The molecule has 0 aliphatic carbocycles. The van der Waals surface area contributed by atoms with Crippen LogP contribution in [0.2, 0.25) is 0 Å². The van der Waals surface area contributed by atoms with Gasteiger partial charge in [0.25, 0.3) is 0 Å². The average Bonchev–Trinajstić information content (AvgIpc) is 2.30. The van der Waals surface area contributed by atoms with Crippen LogP contribution >= 0.6 is 0 Å². The summed E-state index contributed by atoms with van der Waals surface area (Å²) in [7, 11) is 1.65. The second-order valence-corrected chi connectivity index (χ2v) is 4.27. The van der Waals surface area contributed by atoms with E-state index in [-0.39, 0.29) is 0 Å². The third kappa shape index (κ3) is 2.76. The van der Waals surface area contributed by atoms with E-state index < -0.39 is 6.10 Å². The lowest BCUT2D eigenvalue weighted by Crippen LogP contribution is -2.12. The molecule has 1 unspecified atom stereocenters. The Morgan fingerprint density at radius 2 is 1.88 bits per heavy atom. The highest BCUT2D eigenvalue weighted by Crippen LogP contribution is 2.33. The highest BCUT2D eigenvalue weighted by molar-refractivity contribution is 5.38. The smallest absolute Gasteiger partial charge is 0.124 e. The summed E-state index contributed by atoms with van der Waals surface area (Å²) in [5.74, 6) is 1.08. The molecule has 0 saturated heterocycles. The molecule has 16 heavy (non-hydrogen) atoms. The minimum absolute atomic E-state index is 0.302. The predicted octanol–water partition coefficient (Wildman–Crippen LogP) is 3.47. The molecule has 1 rings (SSSR count). The number of aliphatic hydroxyl groups is 1. The first-order chi connectivity index (χ1) is 7.63. The van der Waals surface area contributed by atoms with Gasteiger partial charge in [-0.3, -0.25) is 0 Å². The van der Waals surface area contributed by atoms with E-state index in [4.69, 9.17) is 4.74 Å². The molecule has 0 spiro atoms. The molecule has 2 heteroatoms. The zero-order valence-corrected chi connectivity index (χ0v) is 10.7. The van der Waals surface area contributed by atoms with Crippen molar-refractivity contribution in [3.63, 3.8) is 0 Å². The number of ether oxygens (including phenoxy) is 1. The van der Waals surface area contributed by atoms with Gasteiger partial charge in [-0.05, 0) is 25.0 Å². The fourth-order valence-electron chi connectivity index (χ4n) is 2.07. The van der Waals surface area contributed by atoms with Gasteiger partial charge in [-0.1, -0.05) is 38.3 Å². The Labute approximate surface area is 98.3 Å². The number of hydrogen-bond acceptors (Lipinski definition) is 2. The van der Waals surface area contributed by atoms with Gasteiger partial charge in [0.05, 0.1) is 13.2 Å². The first-order valence-electron chi connectivity index (χ1n) is 5.96. The second kappa shape index (κ2) is 5.90. The van der Waals surface area contributed by atoms with Crippen molar-refractivity contribution in [3.05, 3.63) is 29.3 Å². The number of rotatable bonds is 5. The van der Waals surface area contributed by atoms with E-state index in [9.17, 15) is 5.11 Å². The van der Waals surface area contributed by atoms with Gasteiger partial charge in [0.1, 0.15) is 5.75 Å². The molecule has 0 amide bonds. The van der Waals surface area contributed by atoms with Crippen LogP contribution in [0.4, 0.5) is 0 Å². The van der Waals surface area contributed by atoms with Crippen molar-refractivity contribution in [2.45, 2.75) is 39.7 Å². The van der Waals surface area contributed by atoms with Gasteiger partial charge in [-0.2, -0.15) is 0 Å². The maximum Gasteiger partial charge on any atom is 0.124 e. The van der Waals surface area contributed by atoms with Crippen LogP contribution in [0.3, 0.4) is 0 Å². The SMILES string of the molecule is CCC(CC)C(O)c1cc(C)ccc1OC. The standard InChI is InChI=1S/C14H22O2/c1-5-11(6-2)14(15)12-9-10(3)7-8-13(12)16-4/h7-9,11,14-15H,5-6H2,1-4H3. The van der Waals surface area contributed by atoms with E-state index in [1.165, 1.54) is 0 Å². The van der Waals surface area contributed by atoms with Crippen LogP contribution < -0.4 is 4.74 Å². The number of methoxy groups -OCH3 is 1. The van der Waals surface area contributed by atoms with Gasteiger partial charge in [-0.15, -0.1) is 0 Å². The summed E-state index contributed by atoms with van der Waals surface area (Å²) in [4.78, 5) is 0. The molecule has 1 aromatic carbocycles. The molecular weight excluding hydrogens is 200 g/mol. The Hall–Kier alpha value is -1.02. The van der Waals surface area contributed by atoms with E-state index in [0.29, 0.717) is 5.92 Å². The van der Waals surface area contributed by atoms with Gasteiger partial charge in [0.15, 0.2) is 0 Å². The number of aliphatic hydroxyl groups excluding tert-OH is 1. The molecule has 0 aliphatic rings. The summed E-state index contributed by atoms with van der Waals surface area (Å²) in [5, 5.41) is 10.3. The first kappa shape index (κ1) is 13.0. The molecule has 0 aromatic heterocycles. The molecule has 0 bridgehead atoms. The van der Waals surface area contributed by atoms with Gasteiger partial charge in [0, 0.05) is 5.56 Å². The summed E-state index contributed by atoms with van der Waals surface area (Å²) < 4.78 is 5.30. The zero-order chi connectivity index (χ0) is 12.1. The van der Waals surface area contributed by atoms with Crippen LogP contribution in [0.5, 0.6) is 5.75 Å². The lowest BCUT2D eigenvalue weighted by atomic mass is 9.90. The second-order valence-electron chi connectivity index (χ2n) is 4.27. The molecule has 0 heterocycles. The fraction of sp³-hybridized carbons (Fsp3) is 0.571. The molecule has 1 N–H and O–H groups in total. The Morgan fingerprint density at radius 1 is 1.25 bits per heavy atom. The van der Waals surface area contributed by atoms with Gasteiger partial charge in [-0.25, -0.2) is 0 Å². The molecule has 0 radical (unpaired) electrons. The normalized spacial score (nSPS) is 12.9. The molecule has 90 valence electrons. The van der Waals surface area contributed by atoms with Gasteiger partial charge in [0.2, 0.25) is 0 Å². The Kier molecular flexibility index (Phi) is 4.81. The summed E-state index contributed by atoms with van der Waals surface area (Å²) in [6.45, 7) is 6.25. The quantitative estimate of drug-likeness (QED) is 0.826. The van der Waals surface area contributed by atoms with Crippen LogP contribution in [0.25, 0.3) is 0 Å².